The first-order valence-electron chi connectivity index (χ1n) is 9.69. The minimum absolute atomic E-state index is 0.148. The zero-order valence-electron chi connectivity index (χ0n) is 16.6. The molecule has 1 aromatic heterocycles. The molecule has 3 aromatic rings. The first-order valence-corrected chi connectivity index (χ1v) is 10.5. The molecule has 2 heterocycles. The van der Waals surface area contributed by atoms with E-state index in [1.54, 1.807) is 12.1 Å². The van der Waals surface area contributed by atoms with E-state index in [0.717, 1.165) is 40.4 Å². The summed E-state index contributed by atoms with van der Waals surface area (Å²) in [6, 6.07) is 16.7. The van der Waals surface area contributed by atoms with Crippen molar-refractivity contribution in [3.63, 3.8) is 0 Å². The molecule has 8 heteroatoms. The molecule has 1 saturated heterocycles. The summed E-state index contributed by atoms with van der Waals surface area (Å²) >= 11 is 3.37. The third kappa shape index (κ3) is 5.14. The average molecular weight is 468 g/mol. The molecule has 7 nitrogen and oxygen atoms in total. The smallest absolute Gasteiger partial charge is 0.255 e. The van der Waals surface area contributed by atoms with Crippen LogP contribution in [-0.4, -0.2) is 42.2 Å². The van der Waals surface area contributed by atoms with Gasteiger partial charge in [-0.05, 0) is 55.5 Å². The van der Waals surface area contributed by atoms with E-state index in [4.69, 9.17) is 4.74 Å². The molecule has 4 rings (SSSR count). The van der Waals surface area contributed by atoms with Gasteiger partial charge in [0, 0.05) is 46.3 Å². The second-order valence-electron chi connectivity index (χ2n) is 6.96. The molecule has 0 bridgehead atoms. The number of ether oxygens (including phenoxy) is 1. The number of halogens is 1. The van der Waals surface area contributed by atoms with Gasteiger partial charge >= 0.3 is 0 Å². The summed E-state index contributed by atoms with van der Waals surface area (Å²) in [4.78, 5) is 23.7. The zero-order valence-corrected chi connectivity index (χ0v) is 18.1. The Labute approximate surface area is 183 Å². The number of carbonyl (C=O) groups is 1. The number of nitrogens with zero attached hydrogens (tertiary/aromatic N) is 3. The molecule has 0 unspecified atom stereocenters. The lowest BCUT2D eigenvalue weighted by Gasteiger charge is -2.27. The maximum atomic E-state index is 12.4. The topological polar surface area (TPSA) is 79.4 Å². The Hall–Kier alpha value is -2.97. The molecule has 30 heavy (non-hydrogen) atoms. The van der Waals surface area contributed by atoms with Crippen molar-refractivity contribution in [1.82, 2.24) is 9.97 Å². The van der Waals surface area contributed by atoms with Crippen LogP contribution in [0.15, 0.2) is 59.1 Å². The number of anilines is 4. The van der Waals surface area contributed by atoms with Crippen LogP contribution in [0.5, 0.6) is 0 Å². The van der Waals surface area contributed by atoms with Crippen LogP contribution in [0.25, 0.3) is 0 Å². The number of morpholine rings is 1. The highest BCUT2D eigenvalue weighted by atomic mass is 79.9. The number of hydrogen-bond acceptors (Lipinski definition) is 6. The van der Waals surface area contributed by atoms with E-state index in [1.807, 2.05) is 49.4 Å². The van der Waals surface area contributed by atoms with Crippen molar-refractivity contribution in [3.8, 4) is 0 Å². The van der Waals surface area contributed by atoms with Gasteiger partial charge in [0.15, 0.2) is 0 Å². The molecule has 1 fully saturated rings. The Kier molecular flexibility index (Phi) is 6.25. The van der Waals surface area contributed by atoms with Gasteiger partial charge in [0.05, 0.1) is 13.2 Å². The quantitative estimate of drug-likeness (QED) is 0.579. The van der Waals surface area contributed by atoms with E-state index in [9.17, 15) is 4.79 Å². The van der Waals surface area contributed by atoms with Gasteiger partial charge in [-0.25, -0.2) is 4.98 Å². The molecule has 0 atom stereocenters. The summed E-state index contributed by atoms with van der Waals surface area (Å²) in [5, 5.41) is 6.22. The highest BCUT2D eigenvalue weighted by Crippen LogP contribution is 2.21. The maximum absolute atomic E-state index is 12.4. The average Bonchev–Trinajstić information content (AvgIpc) is 2.76. The van der Waals surface area contributed by atoms with E-state index >= 15 is 0 Å². The minimum atomic E-state index is -0.148. The summed E-state index contributed by atoms with van der Waals surface area (Å²) in [7, 11) is 0. The van der Waals surface area contributed by atoms with Crippen LogP contribution in [0.4, 0.5) is 23.1 Å². The van der Waals surface area contributed by atoms with E-state index in [-0.39, 0.29) is 5.91 Å². The molecule has 0 aliphatic carbocycles. The summed E-state index contributed by atoms with van der Waals surface area (Å²) in [5.41, 5.74) is 3.10. The van der Waals surface area contributed by atoms with Gasteiger partial charge in [-0.1, -0.05) is 15.9 Å². The third-order valence-electron chi connectivity index (χ3n) is 4.66. The number of aromatic nitrogens is 2. The number of hydrogen-bond donors (Lipinski definition) is 2. The molecule has 0 spiro atoms. The Bertz CT molecular complexity index is 1020. The maximum Gasteiger partial charge on any atom is 0.255 e. The molecule has 2 aromatic carbocycles. The summed E-state index contributed by atoms with van der Waals surface area (Å²) in [6.45, 7) is 4.91. The lowest BCUT2D eigenvalue weighted by atomic mass is 10.2. The fourth-order valence-corrected chi connectivity index (χ4v) is 3.38. The summed E-state index contributed by atoms with van der Waals surface area (Å²) in [6.07, 6.45) is 0. The van der Waals surface area contributed by atoms with Crippen molar-refractivity contribution >= 4 is 45.0 Å². The van der Waals surface area contributed by atoms with Crippen LogP contribution < -0.4 is 15.5 Å². The van der Waals surface area contributed by atoms with Gasteiger partial charge in [0.2, 0.25) is 5.95 Å². The Balaban J connectivity index is 1.42. The molecular formula is C22H22BrN5O2. The van der Waals surface area contributed by atoms with Gasteiger partial charge in [-0.2, -0.15) is 4.98 Å². The fourth-order valence-electron chi connectivity index (χ4n) is 3.11. The van der Waals surface area contributed by atoms with Crippen LogP contribution in [0, 0.1) is 6.92 Å². The molecular weight excluding hydrogens is 446 g/mol. The number of carbonyl (C=O) groups excluding carboxylic acids is 1. The Morgan fingerprint density at radius 1 is 1.00 bits per heavy atom. The highest BCUT2D eigenvalue weighted by molar-refractivity contribution is 9.10. The first kappa shape index (κ1) is 20.3. The molecule has 0 radical (unpaired) electrons. The van der Waals surface area contributed by atoms with Crippen molar-refractivity contribution in [2.75, 3.05) is 41.8 Å². The normalized spacial score (nSPS) is 13.7. The molecule has 154 valence electrons. The SMILES string of the molecule is Cc1cc(Nc2ccc(NC(=O)c3ccc(Br)cc3)cc2)nc(N2CCOCC2)n1. The number of aryl methyl sites for hydroxylation is 1. The van der Waals surface area contributed by atoms with Crippen molar-refractivity contribution in [1.29, 1.82) is 0 Å². The molecule has 0 saturated carbocycles. The monoisotopic (exact) mass is 467 g/mol. The zero-order chi connectivity index (χ0) is 20.9. The van der Waals surface area contributed by atoms with Crippen molar-refractivity contribution in [3.05, 3.63) is 70.3 Å². The number of benzene rings is 2. The van der Waals surface area contributed by atoms with Crippen LogP contribution in [0.2, 0.25) is 0 Å². The second kappa shape index (κ2) is 9.23. The van der Waals surface area contributed by atoms with Gasteiger partial charge < -0.3 is 20.3 Å². The van der Waals surface area contributed by atoms with Gasteiger partial charge in [-0.15, -0.1) is 0 Å². The second-order valence-corrected chi connectivity index (χ2v) is 7.87. The predicted octanol–water partition coefficient (Wildman–Crippen LogP) is 4.38. The highest BCUT2D eigenvalue weighted by Gasteiger charge is 2.15. The van der Waals surface area contributed by atoms with E-state index in [0.29, 0.717) is 24.7 Å². The lowest BCUT2D eigenvalue weighted by molar-refractivity contribution is 0.102. The van der Waals surface area contributed by atoms with E-state index in [1.165, 1.54) is 0 Å². The van der Waals surface area contributed by atoms with Crippen LogP contribution >= 0.6 is 15.9 Å². The van der Waals surface area contributed by atoms with E-state index in [2.05, 4.69) is 41.4 Å². The van der Waals surface area contributed by atoms with Crippen molar-refractivity contribution < 1.29 is 9.53 Å². The van der Waals surface area contributed by atoms with Gasteiger partial charge in [0.25, 0.3) is 5.91 Å². The number of rotatable bonds is 5. The number of amides is 1. The summed E-state index contributed by atoms with van der Waals surface area (Å²) < 4.78 is 6.34. The summed E-state index contributed by atoms with van der Waals surface area (Å²) in [5.74, 6) is 1.29. The molecule has 1 amide bonds. The molecule has 1 aliphatic rings. The third-order valence-corrected chi connectivity index (χ3v) is 5.19. The van der Waals surface area contributed by atoms with Crippen molar-refractivity contribution in [2.45, 2.75) is 6.92 Å². The molecule has 2 N–H and O–H groups in total. The fraction of sp³-hybridized carbons (Fsp3) is 0.227. The first-order chi connectivity index (χ1) is 14.6. The van der Waals surface area contributed by atoms with Gasteiger partial charge in [0.1, 0.15) is 5.82 Å². The Morgan fingerprint density at radius 3 is 2.37 bits per heavy atom. The van der Waals surface area contributed by atoms with Crippen LogP contribution in [0.1, 0.15) is 16.1 Å². The lowest BCUT2D eigenvalue weighted by Crippen LogP contribution is -2.37. The molecule has 1 aliphatic heterocycles. The van der Waals surface area contributed by atoms with E-state index < -0.39 is 0 Å². The minimum Gasteiger partial charge on any atom is -0.378 e. The predicted molar refractivity (Wildman–Crippen MR) is 122 cm³/mol. The Morgan fingerprint density at radius 2 is 1.67 bits per heavy atom. The van der Waals surface area contributed by atoms with Gasteiger partial charge in [-0.3, -0.25) is 4.79 Å². The standard InChI is InChI=1S/C22H22BrN5O2/c1-15-14-20(27-22(24-15)28-10-12-30-13-11-28)25-18-6-8-19(9-7-18)26-21(29)16-2-4-17(23)5-3-16/h2-9,14H,10-13H2,1H3,(H,26,29)(H,24,25,27). The van der Waals surface area contributed by atoms with Crippen molar-refractivity contribution in [2.24, 2.45) is 0 Å². The number of nitrogens with one attached hydrogen (secondary N) is 2. The van der Waals surface area contributed by atoms with Crippen LogP contribution in [-0.2, 0) is 4.74 Å². The largest absolute Gasteiger partial charge is 0.378 e. The van der Waals surface area contributed by atoms with Crippen LogP contribution in [0.3, 0.4) is 0 Å².